The third-order valence-electron chi connectivity index (χ3n) is 4.29. The van der Waals surface area contributed by atoms with Gasteiger partial charge in [-0.3, -0.25) is 4.98 Å². The summed E-state index contributed by atoms with van der Waals surface area (Å²) in [4.78, 5) is 9.04. The number of nitrogens with one attached hydrogen (secondary N) is 1. The third kappa shape index (κ3) is 2.88. The number of rotatable bonds is 4. The van der Waals surface area contributed by atoms with Gasteiger partial charge in [0.05, 0.1) is 17.2 Å². The highest BCUT2D eigenvalue weighted by Crippen LogP contribution is 2.37. The first-order chi connectivity index (χ1) is 9.81. The van der Waals surface area contributed by atoms with Crippen molar-refractivity contribution in [2.75, 3.05) is 17.7 Å². The molecule has 106 valence electrons. The van der Waals surface area contributed by atoms with Crippen molar-refractivity contribution >= 4 is 28.5 Å². The highest BCUT2D eigenvalue weighted by atomic mass is 35.5. The van der Waals surface area contributed by atoms with Crippen LogP contribution >= 0.6 is 11.6 Å². The molecule has 1 aliphatic carbocycles. The zero-order chi connectivity index (χ0) is 13.8. The van der Waals surface area contributed by atoms with Crippen LogP contribution in [0.5, 0.6) is 0 Å². The van der Waals surface area contributed by atoms with Crippen LogP contribution in [-0.2, 0) is 0 Å². The monoisotopic (exact) mass is 289 g/mol. The lowest BCUT2D eigenvalue weighted by atomic mass is 9.75. The Kier molecular flexibility index (Phi) is 4.06. The highest BCUT2D eigenvalue weighted by molar-refractivity contribution is 6.18. The molecule has 0 spiro atoms. The quantitative estimate of drug-likeness (QED) is 0.856. The minimum atomic E-state index is 0.229. The summed E-state index contributed by atoms with van der Waals surface area (Å²) in [6.07, 6.45) is 8.16. The number of fused-ring (bicyclic) bond motifs is 1. The Morgan fingerprint density at radius 2 is 1.85 bits per heavy atom. The molecular weight excluding hydrogens is 270 g/mol. The Morgan fingerprint density at radius 3 is 2.60 bits per heavy atom. The van der Waals surface area contributed by atoms with Crippen molar-refractivity contribution in [3.63, 3.8) is 0 Å². The average molecular weight is 290 g/mol. The molecule has 20 heavy (non-hydrogen) atoms. The summed E-state index contributed by atoms with van der Waals surface area (Å²) in [7, 11) is 0. The molecule has 1 heterocycles. The number of hydrogen-bond acceptors (Lipinski definition) is 3. The van der Waals surface area contributed by atoms with Crippen molar-refractivity contribution in [3.05, 3.63) is 30.5 Å². The van der Waals surface area contributed by atoms with E-state index in [1.54, 1.807) is 0 Å². The van der Waals surface area contributed by atoms with E-state index in [0.29, 0.717) is 0 Å². The predicted molar refractivity (Wildman–Crippen MR) is 84.3 cm³/mol. The zero-order valence-electron chi connectivity index (χ0n) is 11.6. The van der Waals surface area contributed by atoms with Crippen molar-refractivity contribution in [2.24, 2.45) is 5.41 Å². The molecule has 2 aromatic rings. The van der Waals surface area contributed by atoms with Crippen LogP contribution < -0.4 is 5.32 Å². The number of alkyl halides is 1. The molecule has 4 heteroatoms. The number of benzene rings is 1. The molecule has 3 nitrogen and oxygen atoms in total. The second-order valence-corrected chi connectivity index (χ2v) is 6.06. The van der Waals surface area contributed by atoms with E-state index in [9.17, 15) is 0 Å². The molecule has 1 aromatic carbocycles. The van der Waals surface area contributed by atoms with Gasteiger partial charge in [-0.1, -0.05) is 31.4 Å². The Bertz CT molecular complexity index is 579. The molecule has 3 rings (SSSR count). The van der Waals surface area contributed by atoms with E-state index in [1.807, 2.05) is 30.5 Å². The maximum Gasteiger partial charge on any atom is 0.145 e. The lowest BCUT2D eigenvalue weighted by Crippen LogP contribution is -2.34. The van der Waals surface area contributed by atoms with Crippen LogP contribution in [-0.4, -0.2) is 22.4 Å². The minimum absolute atomic E-state index is 0.229. The molecular formula is C16H20ClN3. The zero-order valence-corrected chi connectivity index (χ0v) is 12.4. The van der Waals surface area contributed by atoms with Gasteiger partial charge in [0.15, 0.2) is 0 Å². The summed E-state index contributed by atoms with van der Waals surface area (Å²) < 4.78 is 0. The molecule has 1 aliphatic rings. The lowest BCUT2D eigenvalue weighted by molar-refractivity contribution is 0.238. The fourth-order valence-corrected chi connectivity index (χ4v) is 3.34. The first-order valence-corrected chi connectivity index (χ1v) is 7.86. The van der Waals surface area contributed by atoms with Gasteiger partial charge in [0.2, 0.25) is 0 Å². The smallest absolute Gasteiger partial charge is 0.145 e. The SMILES string of the molecule is ClCC1(CNc2cnc3ccccc3n2)CCCCC1. The van der Waals surface area contributed by atoms with Gasteiger partial charge in [-0.15, -0.1) is 11.6 Å². The number of halogens is 1. The van der Waals surface area contributed by atoms with E-state index in [1.165, 1.54) is 32.1 Å². The summed E-state index contributed by atoms with van der Waals surface area (Å²) in [6.45, 7) is 0.892. The fourth-order valence-electron chi connectivity index (χ4n) is 2.98. The maximum absolute atomic E-state index is 6.22. The largest absolute Gasteiger partial charge is 0.368 e. The number of hydrogen-bond donors (Lipinski definition) is 1. The summed E-state index contributed by atoms with van der Waals surface area (Å²) in [5.74, 6) is 1.57. The Balaban J connectivity index is 1.72. The third-order valence-corrected chi connectivity index (χ3v) is 4.86. The van der Waals surface area contributed by atoms with Crippen molar-refractivity contribution in [1.82, 2.24) is 9.97 Å². The molecule has 0 amide bonds. The summed E-state index contributed by atoms with van der Waals surface area (Å²) in [5, 5.41) is 3.44. The van der Waals surface area contributed by atoms with Crippen LogP contribution in [0.3, 0.4) is 0 Å². The average Bonchev–Trinajstić information content (AvgIpc) is 2.54. The van der Waals surface area contributed by atoms with Gasteiger partial charge in [0.25, 0.3) is 0 Å². The first kappa shape index (κ1) is 13.6. The minimum Gasteiger partial charge on any atom is -0.368 e. The topological polar surface area (TPSA) is 37.8 Å². The Labute approximate surface area is 124 Å². The molecule has 1 saturated carbocycles. The number of anilines is 1. The van der Waals surface area contributed by atoms with E-state index in [-0.39, 0.29) is 5.41 Å². The number of aromatic nitrogens is 2. The van der Waals surface area contributed by atoms with Crippen LogP contribution in [0.4, 0.5) is 5.82 Å². The van der Waals surface area contributed by atoms with Crippen LogP contribution in [0.15, 0.2) is 30.5 Å². The predicted octanol–water partition coefficient (Wildman–Crippen LogP) is 4.23. The van der Waals surface area contributed by atoms with Gasteiger partial charge in [-0.25, -0.2) is 4.98 Å². The molecule has 1 fully saturated rings. The second-order valence-electron chi connectivity index (χ2n) is 5.79. The van der Waals surface area contributed by atoms with Crippen LogP contribution in [0.2, 0.25) is 0 Å². The van der Waals surface area contributed by atoms with Crippen molar-refractivity contribution in [3.8, 4) is 0 Å². The van der Waals surface area contributed by atoms with E-state index in [2.05, 4.69) is 15.3 Å². The van der Waals surface area contributed by atoms with E-state index in [0.717, 1.165) is 29.3 Å². The van der Waals surface area contributed by atoms with Crippen molar-refractivity contribution in [1.29, 1.82) is 0 Å². The standard InChI is InChI=1S/C16H20ClN3/c17-11-16(8-4-1-5-9-16)12-19-15-10-18-13-6-2-3-7-14(13)20-15/h2-3,6-7,10H,1,4-5,8-9,11-12H2,(H,19,20). The van der Waals surface area contributed by atoms with Crippen LogP contribution in [0.1, 0.15) is 32.1 Å². The molecule has 0 saturated heterocycles. The van der Waals surface area contributed by atoms with Gasteiger partial charge in [-0.05, 0) is 25.0 Å². The van der Waals surface area contributed by atoms with Crippen molar-refractivity contribution in [2.45, 2.75) is 32.1 Å². The molecule has 0 aliphatic heterocycles. The molecule has 0 atom stereocenters. The van der Waals surface area contributed by atoms with E-state index < -0.39 is 0 Å². The molecule has 1 aromatic heterocycles. The second kappa shape index (κ2) is 5.96. The molecule has 0 radical (unpaired) electrons. The van der Waals surface area contributed by atoms with E-state index >= 15 is 0 Å². The normalized spacial score (nSPS) is 18.1. The fraction of sp³-hybridized carbons (Fsp3) is 0.500. The molecule has 0 bridgehead atoms. The van der Waals surface area contributed by atoms with Crippen LogP contribution in [0, 0.1) is 5.41 Å². The van der Waals surface area contributed by atoms with Crippen LogP contribution in [0.25, 0.3) is 11.0 Å². The molecule has 0 unspecified atom stereocenters. The van der Waals surface area contributed by atoms with Gasteiger partial charge in [0.1, 0.15) is 5.82 Å². The number of para-hydroxylation sites is 2. The Hall–Kier alpha value is -1.35. The Morgan fingerprint density at radius 1 is 1.10 bits per heavy atom. The van der Waals surface area contributed by atoms with Gasteiger partial charge in [-0.2, -0.15) is 0 Å². The van der Waals surface area contributed by atoms with Gasteiger partial charge < -0.3 is 5.32 Å². The summed E-state index contributed by atoms with van der Waals surface area (Å²) >= 11 is 6.22. The van der Waals surface area contributed by atoms with Gasteiger partial charge in [0, 0.05) is 17.8 Å². The van der Waals surface area contributed by atoms with Crippen molar-refractivity contribution < 1.29 is 0 Å². The number of nitrogens with zero attached hydrogens (tertiary/aromatic N) is 2. The highest BCUT2D eigenvalue weighted by Gasteiger charge is 2.31. The lowest BCUT2D eigenvalue weighted by Gasteiger charge is -2.35. The summed E-state index contributed by atoms with van der Waals surface area (Å²) in [5.41, 5.74) is 2.09. The van der Waals surface area contributed by atoms with E-state index in [4.69, 9.17) is 11.6 Å². The summed E-state index contributed by atoms with van der Waals surface area (Å²) in [6, 6.07) is 7.94. The first-order valence-electron chi connectivity index (χ1n) is 7.33. The molecule has 1 N–H and O–H groups in total. The van der Waals surface area contributed by atoms with Gasteiger partial charge >= 0.3 is 0 Å². The maximum atomic E-state index is 6.22.